The second kappa shape index (κ2) is 16.6. The van der Waals surface area contributed by atoms with Gasteiger partial charge in [0.25, 0.3) is 5.91 Å². The Labute approximate surface area is 295 Å². The summed E-state index contributed by atoms with van der Waals surface area (Å²) in [5.74, 6) is 0.280. The summed E-state index contributed by atoms with van der Waals surface area (Å²) in [6.07, 6.45) is 0.0863. The van der Waals surface area contributed by atoms with Crippen LogP contribution in [-0.4, -0.2) is 83.6 Å². The van der Waals surface area contributed by atoms with E-state index in [0.717, 1.165) is 33.2 Å². The number of aliphatic imine (C=N–C) groups is 1. The second-order valence-corrected chi connectivity index (χ2v) is 13.6. The molecule has 0 saturated heterocycles. The molecule has 3 amide bonds. The third-order valence-corrected chi connectivity index (χ3v) is 10.0. The minimum absolute atomic E-state index is 0.0863. The summed E-state index contributed by atoms with van der Waals surface area (Å²) in [6, 6.07) is 8.64. The van der Waals surface area contributed by atoms with Gasteiger partial charge in [-0.15, -0.1) is 44.5 Å². The number of halogens is 2. The molecule has 1 atom stereocenters. The fraction of sp³-hybridized carbons (Fsp3) is 0.375. The second-order valence-electron chi connectivity index (χ2n) is 10.8. The van der Waals surface area contributed by atoms with Crippen LogP contribution in [0.15, 0.2) is 40.7 Å². The van der Waals surface area contributed by atoms with Gasteiger partial charge in [-0.05, 0) is 49.9 Å². The van der Waals surface area contributed by atoms with Gasteiger partial charge in [-0.3, -0.25) is 23.9 Å². The van der Waals surface area contributed by atoms with Crippen LogP contribution in [-0.2, 0) is 19.1 Å². The number of aromatic nitrogens is 3. The molecular weight excluding hydrogens is 697 g/mol. The van der Waals surface area contributed by atoms with Gasteiger partial charge in [0, 0.05) is 34.1 Å². The Bertz CT molecular complexity index is 1800. The molecule has 1 aromatic carbocycles. The van der Waals surface area contributed by atoms with Crippen molar-refractivity contribution in [1.82, 2.24) is 25.4 Å². The first-order valence-corrected chi connectivity index (χ1v) is 17.8. The lowest BCUT2D eigenvalue weighted by molar-refractivity contribution is -0.121. The number of thiophene rings is 2. The monoisotopic (exact) mass is 731 g/mol. The molecule has 1 aliphatic rings. The van der Waals surface area contributed by atoms with Crippen LogP contribution in [0.1, 0.15) is 56.0 Å². The molecule has 0 bridgehead atoms. The van der Waals surface area contributed by atoms with Crippen LogP contribution in [0.5, 0.6) is 0 Å². The van der Waals surface area contributed by atoms with E-state index in [2.05, 4.69) is 40.0 Å². The first-order chi connectivity index (χ1) is 23.2. The first kappa shape index (κ1) is 35.6. The third kappa shape index (κ3) is 8.49. The Morgan fingerprint density at radius 2 is 1.65 bits per heavy atom. The first-order valence-electron chi connectivity index (χ1n) is 15.2. The van der Waals surface area contributed by atoms with Crippen molar-refractivity contribution >= 4 is 74.3 Å². The number of ether oxygens (including phenoxy) is 2. The van der Waals surface area contributed by atoms with Crippen molar-refractivity contribution in [3.63, 3.8) is 0 Å². The number of amides is 3. The fourth-order valence-corrected chi connectivity index (χ4v) is 7.25. The molecule has 0 saturated carbocycles. The van der Waals surface area contributed by atoms with Crippen molar-refractivity contribution < 1.29 is 23.9 Å². The maximum atomic E-state index is 13.1. The predicted octanol–water partition coefficient (Wildman–Crippen LogP) is 5.01. The van der Waals surface area contributed by atoms with Crippen molar-refractivity contribution in [3.05, 3.63) is 79.5 Å². The molecular formula is C32H35Cl2N7O5S2. The number of hydrogen-bond acceptors (Lipinski definition) is 10. The van der Waals surface area contributed by atoms with Crippen molar-refractivity contribution in [1.29, 1.82) is 0 Å². The number of anilines is 1. The number of aryl methyl sites for hydroxylation is 2. The Morgan fingerprint density at radius 3 is 2.35 bits per heavy atom. The molecule has 3 aromatic heterocycles. The van der Waals surface area contributed by atoms with E-state index >= 15 is 0 Å². The van der Waals surface area contributed by atoms with Gasteiger partial charge >= 0.3 is 0 Å². The lowest BCUT2D eigenvalue weighted by atomic mass is 9.99. The minimum atomic E-state index is -0.554. The van der Waals surface area contributed by atoms with E-state index in [1.807, 2.05) is 35.8 Å². The zero-order valence-electron chi connectivity index (χ0n) is 26.6. The van der Waals surface area contributed by atoms with E-state index in [1.165, 1.54) is 16.2 Å². The third-order valence-electron chi connectivity index (χ3n) is 7.49. The van der Waals surface area contributed by atoms with Crippen molar-refractivity contribution in [2.24, 2.45) is 4.99 Å². The predicted molar refractivity (Wildman–Crippen MR) is 189 cm³/mol. The van der Waals surface area contributed by atoms with E-state index in [-0.39, 0.29) is 43.2 Å². The Balaban J connectivity index is 1.08. The molecule has 0 fully saturated rings. The summed E-state index contributed by atoms with van der Waals surface area (Å²) < 4.78 is 13.1. The van der Waals surface area contributed by atoms with E-state index in [0.29, 0.717) is 47.8 Å². The number of carbonyl (C=O) groups excluding carboxylic acids is 3. The summed E-state index contributed by atoms with van der Waals surface area (Å²) in [5.41, 5.74) is 4.21. The summed E-state index contributed by atoms with van der Waals surface area (Å²) in [7, 11) is 0. The lowest BCUT2D eigenvalue weighted by Crippen LogP contribution is -2.29. The Hall–Kier alpha value is -3.66. The summed E-state index contributed by atoms with van der Waals surface area (Å²) in [5, 5.41) is 20.8. The molecule has 5 rings (SSSR count). The van der Waals surface area contributed by atoms with Crippen LogP contribution in [0.2, 0.25) is 5.02 Å². The summed E-state index contributed by atoms with van der Waals surface area (Å²) in [6.45, 7) is 7.91. The number of fused-ring (bicyclic) bond motifs is 3. The maximum Gasteiger partial charge on any atom is 0.254 e. The topological polar surface area (TPSA) is 149 Å². The van der Waals surface area contributed by atoms with Gasteiger partial charge in [-0.2, -0.15) is 0 Å². The van der Waals surface area contributed by atoms with Crippen LogP contribution in [0.4, 0.5) is 5.00 Å². The van der Waals surface area contributed by atoms with Gasteiger partial charge < -0.3 is 25.4 Å². The molecule has 0 radical (unpaired) electrons. The van der Waals surface area contributed by atoms with E-state index in [1.54, 1.807) is 22.8 Å². The SMILES string of the molecule is Cc1sc2c(c1C)C(c1ccc(Cl)cc1)=N[C@@H](CC(=O)NCCOCCOCCNC(=O)c1ccsc1NC(=O)CCl)c1nnc(C)n1-2. The van der Waals surface area contributed by atoms with E-state index in [4.69, 9.17) is 37.7 Å². The highest BCUT2D eigenvalue weighted by Crippen LogP contribution is 2.39. The van der Waals surface area contributed by atoms with Gasteiger partial charge in [0.05, 0.1) is 44.1 Å². The van der Waals surface area contributed by atoms with Crippen LogP contribution in [0.3, 0.4) is 0 Å². The Kier molecular flexibility index (Phi) is 12.4. The number of nitrogens with one attached hydrogen (secondary N) is 3. The number of alkyl halides is 1. The average molecular weight is 733 g/mol. The largest absolute Gasteiger partial charge is 0.377 e. The maximum absolute atomic E-state index is 13.1. The highest BCUT2D eigenvalue weighted by Gasteiger charge is 2.32. The van der Waals surface area contributed by atoms with Crippen LogP contribution in [0.25, 0.3) is 5.00 Å². The normalized spacial score (nSPS) is 13.7. The van der Waals surface area contributed by atoms with E-state index < -0.39 is 6.04 Å². The molecule has 0 aliphatic carbocycles. The molecule has 0 unspecified atom stereocenters. The zero-order chi connectivity index (χ0) is 34.2. The molecule has 3 N–H and O–H groups in total. The van der Waals surface area contributed by atoms with Crippen LogP contribution in [0, 0.1) is 20.8 Å². The molecule has 4 aromatic rings. The van der Waals surface area contributed by atoms with Crippen LogP contribution < -0.4 is 16.0 Å². The molecule has 48 heavy (non-hydrogen) atoms. The van der Waals surface area contributed by atoms with Crippen molar-refractivity contribution in [2.45, 2.75) is 33.2 Å². The highest BCUT2D eigenvalue weighted by atomic mass is 35.5. The highest BCUT2D eigenvalue weighted by molar-refractivity contribution is 7.15. The molecule has 1 aliphatic heterocycles. The number of carbonyl (C=O) groups is 3. The minimum Gasteiger partial charge on any atom is -0.377 e. The molecule has 254 valence electrons. The molecule has 16 heteroatoms. The summed E-state index contributed by atoms with van der Waals surface area (Å²) >= 11 is 14.6. The van der Waals surface area contributed by atoms with Crippen LogP contribution >= 0.6 is 45.9 Å². The van der Waals surface area contributed by atoms with Gasteiger partial charge in [0.15, 0.2) is 5.82 Å². The van der Waals surface area contributed by atoms with Crippen molar-refractivity contribution in [3.8, 4) is 5.00 Å². The quantitative estimate of drug-likeness (QED) is 0.115. The van der Waals surface area contributed by atoms with Gasteiger partial charge in [0.2, 0.25) is 11.8 Å². The standard InChI is InChI=1S/C32H35Cl2N7O5S2/c1-18-19(2)48-32-27(18)28(21-4-6-22(34)7-5-21)37-24(29-40-39-20(3)41(29)32)16-25(42)35-9-11-45-13-14-46-12-10-36-30(44)23-8-15-47-31(23)38-26(43)17-33/h4-8,15,24H,9-14,16-17H2,1-3H3,(H,35,42)(H,36,44)(H,38,43)/t24-/m0/s1. The summed E-state index contributed by atoms with van der Waals surface area (Å²) in [4.78, 5) is 43.3. The number of benzene rings is 1. The van der Waals surface area contributed by atoms with Gasteiger partial charge in [-0.25, -0.2) is 0 Å². The van der Waals surface area contributed by atoms with Crippen molar-refractivity contribution in [2.75, 3.05) is 50.7 Å². The number of hydrogen-bond donors (Lipinski definition) is 3. The fourth-order valence-electron chi connectivity index (χ4n) is 5.04. The smallest absolute Gasteiger partial charge is 0.254 e. The lowest BCUT2D eigenvalue weighted by Gasteiger charge is -2.13. The molecule has 12 nitrogen and oxygen atoms in total. The molecule has 0 spiro atoms. The average Bonchev–Trinajstić information content (AvgIpc) is 3.75. The Morgan fingerprint density at radius 1 is 0.938 bits per heavy atom. The van der Waals surface area contributed by atoms with Gasteiger partial charge in [-0.1, -0.05) is 23.7 Å². The molecule has 4 heterocycles. The number of rotatable bonds is 15. The van der Waals surface area contributed by atoms with E-state index in [9.17, 15) is 14.4 Å². The number of nitrogens with zero attached hydrogens (tertiary/aromatic N) is 4. The van der Waals surface area contributed by atoms with Gasteiger partial charge in [0.1, 0.15) is 27.7 Å². The zero-order valence-corrected chi connectivity index (χ0v) is 29.7.